The molecule has 0 spiro atoms. The lowest BCUT2D eigenvalue weighted by atomic mass is 10.3. The molecule has 0 atom stereocenters. The zero-order valence-electron chi connectivity index (χ0n) is 10.00. The van der Waals surface area contributed by atoms with Crippen LogP contribution in [0, 0.1) is 0 Å². The van der Waals surface area contributed by atoms with E-state index in [2.05, 4.69) is 0 Å². The summed E-state index contributed by atoms with van der Waals surface area (Å²) in [5, 5.41) is 1.66. The number of halogens is 4. The standard InChI is InChI=1S/C11H12F4N2O2/c1-2-5-17-6-7(3-4-8(17)18)16-10(19)11(14,15)9(12)13/h3-4,6,9H,2,5H2,1H3,(H,16,19). The largest absolute Gasteiger partial charge is 0.383 e. The molecular weight excluding hydrogens is 268 g/mol. The number of rotatable bonds is 5. The van der Waals surface area contributed by atoms with Crippen molar-refractivity contribution >= 4 is 11.6 Å². The normalized spacial score (nSPS) is 11.7. The maximum Gasteiger partial charge on any atom is 0.383 e. The first kappa shape index (κ1) is 15.2. The van der Waals surface area contributed by atoms with E-state index in [1.807, 2.05) is 0 Å². The van der Waals surface area contributed by atoms with Crippen LogP contribution in [0.4, 0.5) is 23.2 Å². The molecular formula is C11H12F4N2O2. The van der Waals surface area contributed by atoms with Crippen molar-refractivity contribution in [2.75, 3.05) is 5.32 Å². The molecule has 19 heavy (non-hydrogen) atoms. The summed E-state index contributed by atoms with van der Waals surface area (Å²) in [6, 6.07) is 2.14. The van der Waals surface area contributed by atoms with Gasteiger partial charge in [0.15, 0.2) is 0 Å². The Morgan fingerprint density at radius 2 is 2.05 bits per heavy atom. The minimum atomic E-state index is -4.77. The van der Waals surface area contributed by atoms with E-state index in [0.717, 1.165) is 18.3 Å². The summed E-state index contributed by atoms with van der Waals surface area (Å²) in [5.74, 6) is -6.88. The second-order valence-electron chi connectivity index (χ2n) is 3.83. The Morgan fingerprint density at radius 1 is 1.42 bits per heavy atom. The fraction of sp³-hybridized carbons (Fsp3) is 0.455. The Balaban J connectivity index is 2.92. The van der Waals surface area contributed by atoms with E-state index in [1.165, 1.54) is 4.57 Å². The molecule has 0 aliphatic rings. The van der Waals surface area contributed by atoms with Gasteiger partial charge in [-0.25, -0.2) is 8.78 Å². The minimum absolute atomic E-state index is 0.140. The van der Waals surface area contributed by atoms with Crippen molar-refractivity contribution in [3.8, 4) is 0 Å². The fourth-order valence-corrected chi connectivity index (χ4v) is 1.33. The fourth-order valence-electron chi connectivity index (χ4n) is 1.33. The quantitative estimate of drug-likeness (QED) is 0.840. The van der Waals surface area contributed by atoms with E-state index in [-0.39, 0.29) is 11.2 Å². The zero-order valence-corrected chi connectivity index (χ0v) is 10.00. The SMILES string of the molecule is CCCn1cc(NC(=O)C(F)(F)C(F)F)ccc1=O. The van der Waals surface area contributed by atoms with Crippen LogP contribution in [0.2, 0.25) is 0 Å². The monoisotopic (exact) mass is 280 g/mol. The molecule has 0 bridgehead atoms. The Kier molecular flexibility index (Phi) is 4.68. The number of pyridine rings is 1. The lowest BCUT2D eigenvalue weighted by Crippen LogP contribution is -2.41. The van der Waals surface area contributed by atoms with Crippen LogP contribution >= 0.6 is 0 Å². The van der Waals surface area contributed by atoms with Gasteiger partial charge in [0.05, 0.1) is 5.69 Å². The molecule has 1 aromatic rings. The van der Waals surface area contributed by atoms with Gasteiger partial charge in [0.1, 0.15) is 0 Å². The number of aromatic nitrogens is 1. The number of amides is 1. The molecule has 0 aliphatic carbocycles. The molecule has 0 fully saturated rings. The number of carbonyl (C=O) groups is 1. The summed E-state index contributed by atoms with van der Waals surface area (Å²) in [7, 11) is 0. The van der Waals surface area contributed by atoms with Crippen LogP contribution < -0.4 is 10.9 Å². The van der Waals surface area contributed by atoms with Crippen molar-refractivity contribution < 1.29 is 22.4 Å². The number of nitrogens with zero attached hydrogens (tertiary/aromatic N) is 1. The Morgan fingerprint density at radius 3 is 2.58 bits per heavy atom. The van der Waals surface area contributed by atoms with Crippen molar-refractivity contribution in [3.63, 3.8) is 0 Å². The second-order valence-corrected chi connectivity index (χ2v) is 3.83. The number of anilines is 1. The highest BCUT2D eigenvalue weighted by Gasteiger charge is 2.48. The smallest absolute Gasteiger partial charge is 0.319 e. The molecule has 0 aromatic carbocycles. The highest BCUT2D eigenvalue weighted by molar-refractivity contribution is 5.96. The number of aryl methyl sites for hydroxylation is 1. The van der Waals surface area contributed by atoms with Gasteiger partial charge in [0, 0.05) is 18.8 Å². The molecule has 0 aliphatic heterocycles. The highest BCUT2D eigenvalue weighted by atomic mass is 19.3. The van der Waals surface area contributed by atoms with E-state index >= 15 is 0 Å². The second kappa shape index (κ2) is 5.85. The number of carbonyl (C=O) groups excluding carboxylic acids is 1. The average molecular weight is 280 g/mol. The molecule has 1 N–H and O–H groups in total. The van der Waals surface area contributed by atoms with Crippen LogP contribution in [0.25, 0.3) is 0 Å². The first-order valence-corrected chi connectivity index (χ1v) is 5.47. The predicted molar refractivity (Wildman–Crippen MR) is 60.6 cm³/mol. The van der Waals surface area contributed by atoms with E-state index < -0.39 is 18.3 Å². The molecule has 4 nitrogen and oxygen atoms in total. The van der Waals surface area contributed by atoms with Crippen LogP contribution in [0.5, 0.6) is 0 Å². The Hall–Kier alpha value is -1.86. The first-order valence-electron chi connectivity index (χ1n) is 5.47. The summed E-state index contributed by atoms with van der Waals surface area (Å²) in [4.78, 5) is 22.3. The van der Waals surface area contributed by atoms with E-state index in [1.54, 1.807) is 12.2 Å². The molecule has 0 radical (unpaired) electrons. The summed E-state index contributed by atoms with van der Waals surface area (Å²) in [5.41, 5.74) is -0.515. The molecule has 1 rings (SSSR count). The molecule has 0 unspecified atom stereocenters. The topological polar surface area (TPSA) is 51.1 Å². The third-order valence-corrected chi connectivity index (χ3v) is 2.28. The van der Waals surface area contributed by atoms with Gasteiger partial charge in [0.25, 0.3) is 5.56 Å². The average Bonchev–Trinajstić information content (AvgIpc) is 2.33. The molecule has 1 amide bonds. The first-order chi connectivity index (χ1) is 8.78. The molecule has 106 valence electrons. The molecule has 1 aromatic heterocycles. The molecule has 0 saturated heterocycles. The number of hydrogen-bond donors (Lipinski definition) is 1. The lowest BCUT2D eigenvalue weighted by molar-refractivity contribution is -0.163. The number of alkyl halides is 4. The van der Waals surface area contributed by atoms with E-state index in [4.69, 9.17) is 0 Å². The van der Waals surface area contributed by atoms with Crippen LogP contribution in [-0.2, 0) is 11.3 Å². The van der Waals surface area contributed by atoms with Gasteiger partial charge in [-0.1, -0.05) is 6.92 Å². The van der Waals surface area contributed by atoms with Crippen molar-refractivity contribution in [2.24, 2.45) is 0 Å². The lowest BCUT2D eigenvalue weighted by Gasteiger charge is -2.15. The third kappa shape index (κ3) is 3.55. The number of nitrogens with one attached hydrogen (secondary N) is 1. The van der Waals surface area contributed by atoms with Crippen molar-refractivity contribution in [2.45, 2.75) is 32.2 Å². The molecule has 0 saturated carbocycles. The van der Waals surface area contributed by atoms with Crippen molar-refractivity contribution in [3.05, 3.63) is 28.7 Å². The summed E-state index contributed by atoms with van der Waals surface area (Å²) in [6.07, 6.45) is -2.34. The van der Waals surface area contributed by atoms with Gasteiger partial charge < -0.3 is 9.88 Å². The summed E-state index contributed by atoms with van der Waals surface area (Å²) < 4.78 is 50.6. The maximum absolute atomic E-state index is 12.7. The highest BCUT2D eigenvalue weighted by Crippen LogP contribution is 2.24. The van der Waals surface area contributed by atoms with Crippen LogP contribution in [0.1, 0.15) is 13.3 Å². The van der Waals surface area contributed by atoms with Gasteiger partial charge >= 0.3 is 18.3 Å². The number of hydrogen-bond acceptors (Lipinski definition) is 2. The van der Waals surface area contributed by atoms with Crippen LogP contribution in [0.3, 0.4) is 0 Å². The van der Waals surface area contributed by atoms with Crippen molar-refractivity contribution in [1.29, 1.82) is 0 Å². The predicted octanol–water partition coefficient (Wildman–Crippen LogP) is 2.10. The maximum atomic E-state index is 12.7. The summed E-state index contributed by atoms with van der Waals surface area (Å²) >= 11 is 0. The zero-order chi connectivity index (χ0) is 14.6. The third-order valence-electron chi connectivity index (χ3n) is 2.28. The van der Waals surface area contributed by atoms with Gasteiger partial charge in [-0.2, -0.15) is 8.78 Å². The van der Waals surface area contributed by atoms with Crippen LogP contribution in [0.15, 0.2) is 23.1 Å². The molecule has 1 heterocycles. The Bertz CT molecular complexity index is 514. The molecule has 8 heteroatoms. The van der Waals surface area contributed by atoms with Gasteiger partial charge in [-0.05, 0) is 12.5 Å². The Labute approximate surface area is 106 Å². The van der Waals surface area contributed by atoms with Gasteiger partial charge in [-0.3, -0.25) is 9.59 Å². The minimum Gasteiger partial charge on any atom is -0.319 e. The van der Waals surface area contributed by atoms with Gasteiger partial charge in [-0.15, -0.1) is 0 Å². The van der Waals surface area contributed by atoms with Crippen molar-refractivity contribution in [1.82, 2.24) is 4.57 Å². The van der Waals surface area contributed by atoms with Gasteiger partial charge in [0.2, 0.25) is 0 Å². The van der Waals surface area contributed by atoms with E-state index in [0.29, 0.717) is 13.0 Å². The van der Waals surface area contributed by atoms with E-state index in [9.17, 15) is 27.2 Å². The summed E-state index contributed by atoms with van der Waals surface area (Å²) in [6.45, 7) is 2.12. The van der Waals surface area contributed by atoms with Crippen LogP contribution in [-0.4, -0.2) is 22.8 Å².